The first-order valence-electron chi connectivity index (χ1n) is 3.88. The van der Waals surface area contributed by atoms with Crippen LogP contribution in [-0.4, -0.2) is 27.0 Å². The van der Waals surface area contributed by atoms with E-state index in [4.69, 9.17) is 28.3 Å². The molecule has 1 heterocycles. The molecule has 2 N–H and O–H groups in total. The summed E-state index contributed by atoms with van der Waals surface area (Å²) in [5.41, 5.74) is 0.0332. The van der Waals surface area contributed by atoms with Gasteiger partial charge in [0.1, 0.15) is 12.0 Å². The number of amides is 1. The number of rotatable bonds is 3. The molecule has 0 aliphatic rings. The molecule has 0 aliphatic heterocycles. The molecule has 0 radical (unpaired) electrons. The third-order valence-corrected chi connectivity index (χ3v) is 1.95. The zero-order valence-corrected chi connectivity index (χ0v) is 9.16. The third kappa shape index (κ3) is 3.48. The van der Waals surface area contributed by atoms with Crippen LogP contribution in [0.1, 0.15) is 0 Å². The van der Waals surface area contributed by atoms with Gasteiger partial charge in [-0.25, -0.2) is 14.8 Å². The number of nitrogens with one attached hydrogen (secondary N) is 1. The molecule has 0 fully saturated rings. The molecule has 16 heavy (non-hydrogen) atoms. The quantitative estimate of drug-likeness (QED) is 0.633. The second-order valence-corrected chi connectivity index (χ2v) is 3.21. The summed E-state index contributed by atoms with van der Waals surface area (Å²) in [6.07, 6.45) is 2.64. The number of carbonyl (C=O) groups excluding carboxylic acids is 1. The molecule has 0 aromatic carbocycles. The van der Waals surface area contributed by atoms with Crippen molar-refractivity contribution in [1.29, 1.82) is 0 Å². The largest absolute Gasteiger partial charge is 0.478 e. The Balaban J connectivity index is 2.81. The van der Waals surface area contributed by atoms with Gasteiger partial charge in [0.05, 0.1) is 0 Å². The molecule has 0 saturated carbocycles. The Morgan fingerprint density at radius 1 is 1.25 bits per heavy atom. The number of carboxylic acid groups (broad SMARTS) is 1. The number of aromatic nitrogens is 2. The van der Waals surface area contributed by atoms with Gasteiger partial charge in [0, 0.05) is 12.2 Å². The first kappa shape index (κ1) is 12.4. The number of hydrogen-bond donors (Lipinski definition) is 2. The highest BCUT2D eigenvalue weighted by Gasteiger charge is 2.09. The summed E-state index contributed by atoms with van der Waals surface area (Å²) in [6.45, 7) is 0. The predicted molar refractivity (Wildman–Crippen MR) is 57.5 cm³/mol. The maximum Gasteiger partial charge on any atom is 0.328 e. The molecule has 1 rings (SSSR count). The minimum absolute atomic E-state index is 0.0305. The van der Waals surface area contributed by atoms with E-state index in [0.29, 0.717) is 6.08 Å². The van der Waals surface area contributed by atoms with Crippen molar-refractivity contribution in [2.45, 2.75) is 0 Å². The van der Waals surface area contributed by atoms with E-state index in [9.17, 15) is 9.59 Å². The first-order valence-corrected chi connectivity index (χ1v) is 4.64. The van der Waals surface area contributed by atoms with Gasteiger partial charge in [-0.1, -0.05) is 23.2 Å². The molecular formula is C8H5Cl2N3O3. The Kier molecular flexibility index (Phi) is 4.21. The van der Waals surface area contributed by atoms with Gasteiger partial charge >= 0.3 is 5.97 Å². The number of anilines is 1. The standard InChI is InChI=1S/C8H5Cl2N3O3/c9-7-6(8(10)12-3-11-7)13-4(14)1-2-5(15)16/h1-3H,(H,13,14)(H,15,16)/b2-1+. The van der Waals surface area contributed by atoms with Crippen molar-refractivity contribution in [3.8, 4) is 0 Å². The van der Waals surface area contributed by atoms with E-state index in [2.05, 4.69) is 15.3 Å². The molecule has 0 aliphatic carbocycles. The van der Waals surface area contributed by atoms with Gasteiger partial charge in [0.15, 0.2) is 10.3 Å². The zero-order chi connectivity index (χ0) is 12.1. The number of carbonyl (C=O) groups is 2. The molecule has 0 atom stereocenters. The van der Waals surface area contributed by atoms with Crippen molar-refractivity contribution in [2.24, 2.45) is 0 Å². The van der Waals surface area contributed by atoms with Gasteiger partial charge in [-0.3, -0.25) is 4.79 Å². The Morgan fingerprint density at radius 2 is 1.81 bits per heavy atom. The van der Waals surface area contributed by atoms with Crippen molar-refractivity contribution in [1.82, 2.24) is 9.97 Å². The zero-order valence-electron chi connectivity index (χ0n) is 7.65. The van der Waals surface area contributed by atoms with E-state index in [-0.39, 0.29) is 16.0 Å². The molecular weight excluding hydrogens is 257 g/mol. The fourth-order valence-electron chi connectivity index (χ4n) is 0.759. The van der Waals surface area contributed by atoms with Crippen LogP contribution in [0.25, 0.3) is 0 Å². The van der Waals surface area contributed by atoms with Crippen LogP contribution in [0.4, 0.5) is 5.69 Å². The van der Waals surface area contributed by atoms with Crippen LogP contribution in [0, 0.1) is 0 Å². The molecule has 6 nitrogen and oxygen atoms in total. The lowest BCUT2D eigenvalue weighted by Gasteiger charge is -2.04. The number of carboxylic acids is 1. The number of halogens is 2. The maximum atomic E-state index is 11.2. The number of aliphatic carboxylic acids is 1. The van der Waals surface area contributed by atoms with E-state index in [0.717, 1.165) is 12.4 Å². The highest BCUT2D eigenvalue weighted by Crippen LogP contribution is 2.25. The normalized spacial score (nSPS) is 10.4. The number of nitrogens with zero attached hydrogens (tertiary/aromatic N) is 2. The van der Waals surface area contributed by atoms with Crippen molar-refractivity contribution >= 4 is 40.8 Å². The average Bonchev–Trinajstić information content (AvgIpc) is 2.21. The van der Waals surface area contributed by atoms with Crippen molar-refractivity contribution < 1.29 is 14.7 Å². The van der Waals surface area contributed by atoms with Crippen LogP contribution < -0.4 is 5.32 Å². The van der Waals surface area contributed by atoms with Crippen LogP contribution in [0.15, 0.2) is 18.5 Å². The molecule has 1 aromatic rings. The Labute approximate surface area is 99.9 Å². The lowest BCUT2D eigenvalue weighted by atomic mass is 10.4. The molecule has 1 amide bonds. The summed E-state index contributed by atoms with van der Waals surface area (Å²) < 4.78 is 0. The number of hydrogen-bond acceptors (Lipinski definition) is 4. The van der Waals surface area contributed by atoms with Crippen LogP contribution in [0.3, 0.4) is 0 Å². The summed E-state index contributed by atoms with van der Waals surface area (Å²) >= 11 is 11.3. The Bertz CT molecular complexity index is 442. The van der Waals surface area contributed by atoms with Crippen molar-refractivity contribution in [3.63, 3.8) is 0 Å². The highest BCUT2D eigenvalue weighted by atomic mass is 35.5. The van der Waals surface area contributed by atoms with Crippen LogP contribution in [0.2, 0.25) is 10.3 Å². The smallest absolute Gasteiger partial charge is 0.328 e. The fraction of sp³-hybridized carbons (Fsp3) is 0. The summed E-state index contributed by atoms with van der Waals surface area (Å²) in [5, 5.41) is 10.5. The van der Waals surface area contributed by atoms with Gasteiger partial charge in [-0.15, -0.1) is 0 Å². The van der Waals surface area contributed by atoms with E-state index >= 15 is 0 Å². The molecule has 1 aromatic heterocycles. The van der Waals surface area contributed by atoms with E-state index < -0.39 is 11.9 Å². The van der Waals surface area contributed by atoms with Gasteiger partial charge < -0.3 is 10.4 Å². The molecule has 0 bridgehead atoms. The topological polar surface area (TPSA) is 92.2 Å². The second-order valence-electron chi connectivity index (χ2n) is 2.49. The van der Waals surface area contributed by atoms with Gasteiger partial charge in [-0.2, -0.15) is 0 Å². The Hall–Kier alpha value is -1.66. The van der Waals surface area contributed by atoms with Gasteiger partial charge in [0.25, 0.3) is 0 Å². The lowest BCUT2D eigenvalue weighted by Crippen LogP contribution is -2.10. The molecule has 84 valence electrons. The minimum atomic E-state index is -1.24. The third-order valence-electron chi connectivity index (χ3n) is 1.38. The summed E-state index contributed by atoms with van der Waals surface area (Å²) in [7, 11) is 0. The minimum Gasteiger partial charge on any atom is -0.478 e. The molecule has 0 saturated heterocycles. The van der Waals surface area contributed by atoms with Crippen LogP contribution in [0.5, 0.6) is 0 Å². The highest BCUT2D eigenvalue weighted by molar-refractivity contribution is 6.38. The fourth-order valence-corrected chi connectivity index (χ4v) is 1.17. The van der Waals surface area contributed by atoms with E-state index in [1.165, 1.54) is 0 Å². The van der Waals surface area contributed by atoms with Crippen LogP contribution >= 0.6 is 23.2 Å². The van der Waals surface area contributed by atoms with Gasteiger partial charge in [-0.05, 0) is 0 Å². The first-order chi connectivity index (χ1) is 7.50. The molecule has 0 spiro atoms. The lowest BCUT2D eigenvalue weighted by molar-refractivity contribution is -0.131. The molecule has 8 heteroatoms. The van der Waals surface area contributed by atoms with E-state index in [1.807, 2.05) is 0 Å². The maximum absolute atomic E-state index is 11.2. The van der Waals surface area contributed by atoms with Gasteiger partial charge in [0.2, 0.25) is 5.91 Å². The average molecular weight is 262 g/mol. The second kappa shape index (κ2) is 5.43. The summed E-state index contributed by atoms with van der Waals surface area (Å²) in [6, 6.07) is 0. The monoisotopic (exact) mass is 261 g/mol. The van der Waals surface area contributed by atoms with Crippen LogP contribution in [-0.2, 0) is 9.59 Å². The van der Waals surface area contributed by atoms with Crippen molar-refractivity contribution in [2.75, 3.05) is 5.32 Å². The van der Waals surface area contributed by atoms with Crippen molar-refractivity contribution in [3.05, 3.63) is 28.8 Å². The Morgan fingerprint density at radius 3 is 2.31 bits per heavy atom. The summed E-state index contributed by atoms with van der Waals surface area (Å²) in [5.74, 6) is -1.93. The van der Waals surface area contributed by atoms with E-state index in [1.54, 1.807) is 0 Å². The summed E-state index contributed by atoms with van der Waals surface area (Å²) in [4.78, 5) is 28.5. The molecule has 0 unspecified atom stereocenters. The predicted octanol–water partition coefficient (Wildman–Crippen LogP) is 1.36. The SMILES string of the molecule is O=C(O)/C=C/C(=O)Nc1c(Cl)ncnc1Cl.